The second-order valence-electron chi connectivity index (χ2n) is 6.90. The van der Waals surface area contributed by atoms with Crippen molar-refractivity contribution in [1.82, 2.24) is 4.98 Å². The van der Waals surface area contributed by atoms with Gasteiger partial charge >= 0.3 is 0 Å². The van der Waals surface area contributed by atoms with Gasteiger partial charge in [-0.15, -0.1) is 11.3 Å². The summed E-state index contributed by atoms with van der Waals surface area (Å²) < 4.78 is 0. The van der Waals surface area contributed by atoms with Gasteiger partial charge in [0.05, 0.1) is 11.4 Å². The van der Waals surface area contributed by atoms with Crippen LogP contribution in [0.15, 0.2) is 60.0 Å². The van der Waals surface area contributed by atoms with Crippen LogP contribution in [0, 0.1) is 0 Å². The van der Waals surface area contributed by atoms with E-state index in [9.17, 15) is 9.59 Å². The van der Waals surface area contributed by atoms with E-state index in [0.29, 0.717) is 10.8 Å². The van der Waals surface area contributed by atoms with E-state index in [1.165, 1.54) is 41.9 Å². The van der Waals surface area contributed by atoms with Crippen LogP contribution in [0.1, 0.15) is 30.2 Å². The van der Waals surface area contributed by atoms with Crippen LogP contribution in [-0.2, 0) is 22.4 Å². The van der Waals surface area contributed by atoms with E-state index in [2.05, 4.69) is 22.4 Å². The van der Waals surface area contributed by atoms with Crippen molar-refractivity contribution in [3.05, 3.63) is 76.8 Å². The number of carbonyl (C=O) groups excluding carboxylic acids is 2. The van der Waals surface area contributed by atoms with Gasteiger partial charge in [-0.1, -0.05) is 24.3 Å². The van der Waals surface area contributed by atoms with Crippen LogP contribution in [0.25, 0.3) is 6.08 Å². The Morgan fingerprint density at radius 2 is 1.90 bits per heavy atom. The number of benzene rings is 2. The van der Waals surface area contributed by atoms with E-state index in [4.69, 9.17) is 0 Å². The van der Waals surface area contributed by atoms with Gasteiger partial charge in [-0.25, -0.2) is 4.98 Å². The van der Waals surface area contributed by atoms with E-state index in [0.717, 1.165) is 24.2 Å². The highest BCUT2D eigenvalue weighted by Crippen LogP contribution is 2.29. The smallest absolute Gasteiger partial charge is 0.248 e. The number of anilines is 3. The van der Waals surface area contributed by atoms with Crippen molar-refractivity contribution in [3.63, 3.8) is 0 Å². The number of hydrogen-bond acceptors (Lipinski definition) is 4. The minimum Gasteiger partial charge on any atom is -0.323 e. The van der Waals surface area contributed by atoms with Gasteiger partial charge in [0.25, 0.3) is 0 Å². The highest BCUT2D eigenvalue weighted by Gasteiger charge is 2.17. The molecule has 0 aliphatic heterocycles. The number of hydrogen-bond donors (Lipinski definition) is 1. The van der Waals surface area contributed by atoms with Crippen molar-refractivity contribution >= 4 is 45.7 Å². The lowest BCUT2D eigenvalue weighted by atomic mass is 10.1. The Hall–Kier alpha value is -3.25. The molecule has 2 aromatic carbocycles. The first-order valence-corrected chi connectivity index (χ1v) is 10.4. The van der Waals surface area contributed by atoms with Gasteiger partial charge in [0, 0.05) is 24.1 Å². The molecule has 1 heterocycles. The highest BCUT2D eigenvalue weighted by atomic mass is 32.1. The maximum absolute atomic E-state index is 12.3. The van der Waals surface area contributed by atoms with E-state index in [1.54, 1.807) is 11.0 Å². The topological polar surface area (TPSA) is 62.3 Å². The standard InChI is InChI=1S/C23H21N3O2S/c1-16(27)26(21-8-3-2-4-9-21)23-25-20(15-29-23)12-13-22(28)24-19-11-10-17-6-5-7-18(17)14-19/h2-4,8-15H,5-7H2,1H3,(H,24,28)/b13-12+. The van der Waals surface area contributed by atoms with Gasteiger partial charge < -0.3 is 5.32 Å². The molecule has 6 heteroatoms. The Balaban J connectivity index is 1.44. The number of aryl methyl sites for hydroxylation is 2. The van der Waals surface area contributed by atoms with Crippen LogP contribution >= 0.6 is 11.3 Å². The molecule has 5 nitrogen and oxygen atoms in total. The number of fused-ring (bicyclic) bond motifs is 1. The Bertz CT molecular complexity index is 1070. The molecule has 0 radical (unpaired) electrons. The fourth-order valence-electron chi connectivity index (χ4n) is 3.45. The maximum atomic E-state index is 12.3. The molecule has 1 aliphatic rings. The molecule has 0 saturated carbocycles. The molecule has 0 spiro atoms. The zero-order chi connectivity index (χ0) is 20.2. The molecule has 3 aromatic rings. The van der Waals surface area contributed by atoms with Gasteiger partial charge in [0.15, 0.2) is 5.13 Å². The van der Waals surface area contributed by atoms with E-state index in [-0.39, 0.29) is 11.8 Å². The second kappa shape index (κ2) is 8.41. The SMILES string of the molecule is CC(=O)N(c1ccccc1)c1nc(/C=C/C(=O)Nc2ccc3c(c2)CCC3)cs1. The summed E-state index contributed by atoms with van der Waals surface area (Å²) in [5, 5.41) is 5.30. The normalized spacial score (nSPS) is 12.7. The van der Waals surface area contributed by atoms with Crippen LogP contribution in [0.5, 0.6) is 0 Å². The molecule has 0 atom stereocenters. The summed E-state index contributed by atoms with van der Waals surface area (Å²) >= 11 is 1.36. The quantitative estimate of drug-likeness (QED) is 0.612. The van der Waals surface area contributed by atoms with Crippen LogP contribution in [0.4, 0.5) is 16.5 Å². The number of para-hydroxylation sites is 1. The maximum Gasteiger partial charge on any atom is 0.248 e. The third kappa shape index (κ3) is 4.43. The summed E-state index contributed by atoms with van der Waals surface area (Å²) in [6.07, 6.45) is 6.50. The number of carbonyl (C=O) groups is 2. The third-order valence-electron chi connectivity index (χ3n) is 4.80. The molecule has 1 N–H and O–H groups in total. The van der Waals surface area contributed by atoms with E-state index in [1.807, 2.05) is 41.8 Å². The van der Waals surface area contributed by atoms with Crippen molar-refractivity contribution in [2.75, 3.05) is 10.2 Å². The van der Waals surface area contributed by atoms with Crippen molar-refractivity contribution < 1.29 is 9.59 Å². The Morgan fingerprint density at radius 3 is 2.69 bits per heavy atom. The van der Waals surface area contributed by atoms with Crippen LogP contribution in [0.3, 0.4) is 0 Å². The molecule has 1 aromatic heterocycles. The number of aromatic nitrogens is 1. The summed E-state index contributed by atoms with van der Waals surface area (Å²) in [6.45, 7) is 1.51. The van der Waals surface area contributed by atoms with Crippen molar-refractivity contribution in [2.24, 2.45) is 0 Å². The molecule has 2 amide bonds. The van der Waals surface area contributed by atoms with Crippen LogP contribution in [-0.4, -0.2) is 16.8 Å². The second-order valence-corrected chi connectivity index (χ2v) is 7.74. The molecule has 1 aliphatic carbocycles. The predicted molar refractivity (Wildman–Crippen MR) is 118 cm³/mol. The first-order chi connectivity index (χ1) is 14.1. The first-order valence-electron chi connectivity index (χ1n) is 9.52. The number of amides is 2. The summed E-state index contributed by atoms with van der Waals surface area (Å²) in [6, 6.07) is 15.5. The van der Waals surface area contributed by atoms with Crippen LogP contribution < -0.4 is 10.2 Å². The van der Waals surface area contributed by atoms with Crippen molar-refractivity contribution in [2.45, 2.75) is 26.2 Å². The van der Waals surface area contributed by atoms with Crippen LogP contribution in [0.2, 0.25) is 0 Å². The average molecular weight is 404 g/mol. The summed E-state index contributed by atoms with van der Waals surface area (Å²) in [7, 11) is 0. The van der Waals surface area contributed by atoms with Gasteiger partial charge in [-0.3, -0.25) is 14.5 Å². The zero-order valence-corrected chi connectivity index (χ0v) is 16.9. The lowest BCUT2D eigenvalue weighted by Gasteiger charge is -2.17. The molecule has 29 heavy (non-hydrogen) atoms. The molecule has 0 bridgehead atoms. The largest absolute Gasteiger partial charge is 0.323 e. The number of nitrogens with zero attached hydrogens (tertiary/aromatic N) is 2. The van der Waals surface area contributed by atoms with Gasteiger partial charge in [0.1, 0.15) is 0 Å². The fourth-order valence-corrected chi connectivity index (χ4v) is 4.31. The van der Waals surface area contributed by atoms with Gasteiger partial charge in [-0.05, 0) is 60.7 Å². The Morgan fingerprint density at radius 1 is 1.10 bits per heavy atom. The van der Waals surface area contributed by atoms with Gasteiger partial charge in [-0.2, -0.15) is 0 Å². The lowest BCUT2D eigenvalue weighted by Crippen LogP contribution is -2.22. The number of thiazole rings is 1. The molecule has 0 unspecified atom stereocenters. The molecule has 0 saturated heterocycles. The van der Waals surface area contributed by atoms with E-state index < -0.39 is 0 Å². The highest BCUT2D eigenvalue weighted by molar-refractivity contribution is 7.14. The summed E-state index contributed by atoms with van der Waals surface area (Å²) in [4.78, 5) is 30.4. The summed E-state index contributed by atoms with van der Waals surface area (Å²) in [5.41, 5.74) is 4.91. The molecule has 146 valence electrons. The lowest BCUT2D eigenvalue weighted by molar-refractivity contribution is -0.116. The molecule has 4 rings (SSSR count). The Labute approximate surface area is 173 Å². The fraction of sp³-hybridized carbons (Fsp3) is 0.174. The van der Waals surface area contributed by atoms with Crippen molar-refractivity contribution in [1.29, 1.82) is 0 Å². The Kier molecular flexibility index (Phi) is 5.53. The van der Waals surface area contributed by atoms with E-state index >= 15 is 0 Å². The molecular formula is C23H21N3O2S. The molecular weight excluding hydrogens is 382 g/mol. The minimum absolute atomic E-state index is 0.115. The zero-order valence-electron chi connectivity index (χ0n) is 16.1. The third-order valence-corrected chi connectivity index (χ3v) is 5.65. The first kappa shape index (κ1) is 19.1. The predicted octanol–water partition coefficient (Wildman–Crippen LogP) is 4.97. The monoisotopic (exact) mass is 403 g/mol. The molecule has 0 fully saturated rings. The van der Waals surface area contributed by atoms with Gasteiger partial charge in [0.2, 0.25) is 11.8 Å². The number of rotatable bonds is 5. The average Bonchev–Trinajstić information content (AvgIpc) is 3.36. The van der Waals surface area contributed by atoms with Crippen molar-refractivity contribution in [3.8, 4) is 0 Å². The summed E-state index contributed by atoms with van der Waals surface area (Å²) in [5.74, 6) is -0.320. The number of nitrogens with one attached hydrogen (secondary N) is 1. The minimum atomic E-state index is -0.205.